The van der Waals surface area contributed by atoms with Crippen molar-refractivity contribution in [2.24, 2.45) is 11.8 Å². The molecule has 0 amide bonds. The lowest BCUT2D eigenvalue weighted by Gasteiger charge is -2.40. The molecule has 190 valence electrons. The Hall–Kier alpha value is -2.78. The molecule has 2 aliphatic heterocycles. The second kappa shape index (κ2) is 9.27. The van der Waals surface area contributed by atoms with Crippen LogP contribution >= 0.6 is 0 Å². The zero-order valence-corrected chi connectivity index (χ0v) is 21.3. The summed E-state index contributed by atoms with van der Waals surface area (Å²) >= 11 is 0. The van der Waals surface area contributed by atoms with Crippen LogP contribution in [0.2, 0.25) is 0 Å². The van der Waals surface area contributed by atoms with Gasteiger partial charge in [0, 0.05) is 43.0 Å². The molecule has 3 aliphatic rings. The van der Waals surface area contributed by atoms with Gasteiger partial charge in [-0.3, -0.25) is 0 Å². The predicted molar refractivity (Wildman–Crippen MR) is 136 cm³/mol. The molecular formula is C27H32FN5O2S. The Morgan fingerprint density at radius 1 is 0.944 bits per heavy atom. The molecule has 1 aromatic heterocycles. The van der Waals surface area contributed by atoms with Crippen LogP contribution < -0.4 is 4.90 Å². The van der Waals surface area contributed by atoms with Gasteiger partial charge in [-0.2, -0.15) is 4.31 Å². The van der Waals surface area contributed by atoms with E-state index in [0.717, 1.165) is 43.6 Å². The molecule has 2 aromatic carbocycles. The van der Waals surface area contributed by atoms with E-state index in [1.807, 2.05) is 43.3 Å². The third-order valence-corrected chi connectivity index (χ3v) is 10.9. The standard InChI is InChI=1S/C27H32FN5O2S/c1-19-7-12-26(20-5-3-2-4-6-20)36(34,35)33(19)16-21-10-11-24(13-25(21)28)31-14-22-8-9-23(15-31)27(22)32-17-29-30-18-32/h2-6,10-11,13,17-19,22-23,26-27H,7-9,12,14-16H2,1H3/t19-,22-,23+,26+,27+/m0/s1. The number of sulfonamides is 1. The maximum Gasteiger partial charge on any atom is 0.221 e. The molecule has 9 heteroatoms. The van der Waals surface area contributed by atoms with E-state index in [1.54, 1.807) is 24.8 Å². The summed E-state index contributed by atoms with van der Waals surface area (Å²) in [6.45, 7) is 3.71. The lowest BCUT2D eigenvalue weighted by molar-refractivity contribution is 0.270. The van der Waals surface area contributed by atoms with Gasteiger partial charge >= 0.3 is 0 Å². The van der Waals surface area contributed by atoms with Crippen molar-refractivity contribution in [2.75, 3.05) is 18.0 Å². The van der Waals surface area contributed by atoms with E-state index < -0.39 is 15.3 Å². The first kappa shape index (κ1) is 23.6. The van der Waals surface area contributed by atoms with Crippen molar-refractivity contribution in [3.05, 3.63) is 78.1 Å². The van der Waals surface area contributed by atoms with E-state index in [2.05, 4.69) is 19.7 Å². The highest BCUT2D eigenvalue weighted by atomic mass is 32.2. The molecule has 2 saturated heterocycles. The highest BCUT2D eigenvalue weighted by Crippen LogP contribution is 2.46. The second-order valence-electron chi connectivity index (χ2n) is 10.6. The molecule has 3 fully saturated rings. The smallest absolute Gasteiger partial charge is 0.221 e. The molecule has 36 heavy (non-hydrogen) atoms. The van der Waals surface area contributed by atoms with Crippen molar-refractivity contribution >= 4 is 15.7 Å². The first-order chi connectivity index (χ1) is 17.4. The third-order valence-electron chi connectivity index (χ3n) is 8.49. The van der Waals surface area contributed by atoms with Crippen molar-refractivity contribution in [2.45, 2.75) is 56.5 Å². The van der Waals surface area contributed by atoms with Crippen molar-refractivity contribution in [1.29, 1.82) is 0 Å². The number of nitrogens with zero attached hydrogens (tertiary/aromatic N) is 5. The van der Waals surface area contributed by atoms with Crippen LogP contribution in [-0.4, -0.2) is 46.6 Å². The zero-order valence-electron chi connectivity index (χ0n) is 20.4. The van der Waals surface area contributed by atoms with Crippen molar-refractivity contribution in [1.82, 2.24) is 19.1 Å². The highest BCUT2D eigenvalue weighted by molar-refractivity contribution is 7.89. The van der Waals surface area contributed by atoms with Crippen LogP contribution in [0.5, 0.6) is 0 Å². The van der Waals surface area contributed by atoms with Crippen molar-refractivity contribution < 1.29 is 12.8 Å². The molecule has 2 bridgehead atoms. The number of fused-ring (bicyclic) bond motifs is 2. The Morgan fingerprint density at radius 2 is 1.64 bits per heavy atom. The van der Waals surface area contributed by atoms with E-state index in [1.165, 1.54) is 4.31 Å². The van der Waals surface area contributed by atoms with Gasteiger partial charge < -0.3 is 9.47 Å². The first-order valence-corrected chi connectivity index (χ1v) is 14.3. The SMILES string of the molecule is C[C@H]1CC[C@H](c2ccccc2)S(=O)(=O)N1Cc1ccc(N2C[C@H]3CC[C@@H](C2)[C@H]3n2cnnc2)cc1F. The zero-order chi connectivity index (χ0) is 24.9. The van der Waals surface area contributed by atoms with E-state index in [4.69, 9.17) is 0 Å². The lowest BCUT2D eigenvalue weighted by atomic mass is 9.91. The maximum absolute atomic E-state index is 15.4. The molecule has 1 saturated carbocycles. The monoisotopic (exact) mass is 509 g/mol. The normalized spacial score (nSPS) is 29.9. The number of piperidine rings is 1. The maximum atomic E-state index is 15.4. The van der Waals surface area contributed by atoms with Crippen LogP contribution in [0, 0.1) is 17.7 Å². The Labute approximate surface area is 212 Å². The van der Waals surface area contributed by atoms with E-state index in [9.17, 15) is 8.42 Å². The van der Waals surface area contributed by atoms with Gasteiger partial charge in [0.15, 0.2) is 0 Å². The highest BCUT2D eigenvalue weighted by Gasteiger charge is 2.43. The Balaban J connectivity index is 1.20. The number of benzene rings is 2. The van der Waals surface area contributed by atoms with Crippen molar-refractivity contribution in [3.8, 4) is 0 Å². The predicted octanol–water partition coefficient (Wildman–Crippen LogP) is 4.56. The number of hydrogen-bond acceptors (Lipinski definition) is 5. The quantitative estimate of drug-likeness (QED) is 0.504. The first-order valence-electron chi connectivity index (χ1n) is 12.8. The summed E-state index contributed by atoms with van der Waals surface area (Å²) in [5.74, 6) is 0.624. The van der Waals surface area contributed by atoms with Gasteiger partial charge in [-0.15, -0.1) is 10.2 Å². The van der Waals surface area contributed by atoms with Gasteiger partial charge in [0.1, 0.15) is 23.7 Å². The lowest BCUT2D eigenvalue weighted by Crippen LogP contribution is -2.45. The fourth-order valence-corrected chi connectivity index (χ4v) is 8.82. The summed E-state index contributed by atoms with van der Waals surface area (Å²) in [6.07, 6.45) is 7.24. The van der Waals surface area contributed by atoms with E-state index >= 15 is 4.39 Å². The minimum absolute atomic E-state index is 0.0555. The van der Waals surface area contributed by atoms with Crippen LogP contribution in [0.3, 0.4) is 0 Å². The molecule has 3 heterocycles. The Bertz CT molecular complexity index is 1300. The fraction of sp³-hybridized carbons (Fsp3) is 0.481. The van der Waals surface area contributed by atoms with Gasteiger partial charge in [0.25, 0.3) is 0 Å². The summed E-state index contributed by atoms with van der Waals surface area (Å²) in [7, 11) is -3.60. The van der Waals surface area contributed by atoms with Gasteiger partial charge in [0.2, 0.25) is 10.0 Å². The van der Waals surface area contributed by atoms with Crippen LogP contribution in [0.25, 0.3) is 0 Å². The summed E-state index contributed by atoms with van der Waals surface area (Å²) in [4.78, 5) is 2.28. The molecule has 0 N–H and O–H groups in total. The Morgan fingerprint density at radius 3 is 2.31 bits per heavy atom. The number of anilines is 1. The number of hydrogen-bond donors (Lipinski definition) is 0. The Kier molecular flexibility index (Phi) is 6.08. The average Bonchev–Trinajstić information content (AvgIpc) is 3.48. The number of rotatable bonds is 5. The van der Waals surface area contributed by atoms with Gasteiger partial charge in [-0.1, -0.05) is 36.4 Å². The van der Waals surface area contributed by atoms with Crippen LogP contribution in [0.1, 0.15) is 55.0 Å². The second-order valence-corrected chi connectivity index (χ2v) is 12.7. The molecule has 5 atom stereocenters. The van der Waals surface area contributed by atoms with E-state index in [-0.39, 0.29) is 18.4 Å². The summed E-state index contributed by atoms with van der Waals surface area (Å²) < 4.78 is 46.1. The summed E-state index contributed by atoms with van der Waals surface area (Å²) in [5.41, 5.74) is 2.09. The van der Waals surface area contributed by atoms with E-state index in [0.29, 0.717) is 29.9 Å². The number of aromatic nitrogens is 3. The van der Waals surface area contributed by atoms with Gasteiger partial charge in [-0.25, -0.2) is 12.8 Å². The van der Waals surface area contributed by atoms with Crippen LogP contribution in [0.4, 0.5) is 10.1 Å². The minimum atomic E-state index is -3.60. The van der Waals surface area contributed by atoms with Crippen molar-refractivity contribution in [3.63, 3.8) is 0 Å². The molecule has 0 unspecified atom stereocenters. The van der Waals surface area contributed by atoms with Gasteiger partial charge in [0.05, 0.1) is 0 Å². The average molecular weight is 510 g/mol. The number of halogens is 1. The summed E-state index contributed by atoms with van der Waals surface area (Å²) in [5, 5.41) is 7.38. The van der Waals surface area contributed by atoms with Gasteiger partial charge in [-0.05, 0) is 62.1 Å². The largest absolute Gasteiger partial charge is 0.371 e. The van der Waals surface area contributed by atoms with Crippen LogP contribution in [-0.2, 0) is 16.6 Å². The topological polar surface area (TPSA) is 71.3 Å². The molecule has 7 nitrogen and oxygen atoms in total. The summed E-state index contributed by atoms with van der Waals surface area (Å²) in [6, 6.07) is 14.9. The minimum Gasteiger partial charge on any atom is -0.371 e. The molecule has 6 rings (SSSR count). The molecule has 1 aliphatic carbocycles. The molecule has 0 radical (unpaired) electrons. The fourth-order valence-electron chi connectivity index (χ4n) is 6.64. The molecule has 3 aromatic rings. The molecular weight excluding hydrogens is 477 g/mol. The van der Waals surface area contributed by atoms with Crippen LogP contribution in [0.15, 0.2) is 61.2 Å². The molecule has 0 spiro atoms. The third kappa shape index (κ3) is 4.12.